The summed E-state index contributed by atoms with van der Waals surface area (Å²) in [6, 6.07) is 0. The van der Waals surface area contributed by atoms with E-state index in [-0.39, 0.29) is 0 Å². The molecule has 3 heteroatoms. The van der Waals surface area contributed by atoms with Crippen LogP contribution in [0.4, 0.5) is 0 Å². The van der Waals surface area contributed by atoms with Crippen LogP contribution in [0, 0.1) is 0 Å². The molecular weight excluding hydrogens is 478 g/mol. The van der Waals surface area contributed by atoms with E-state index in [1.807, 2.05) is 0 Å². The fourth-order valence-electron chi connectivity index (χ4n) is 4.74. The molecule has 3 nitrogen and oxygen atoms in total. The SMILES string of the molecule is CCCCCCCC/C=C\CCCCCCCC(=O)O.CCCCCCCC/C=C\CCCCCCCCN. The molecule has 0 aromatic carbocycles. The lowest BCUT2D eigenvalue weighted by atomic mass is 10.1. The van der Waals surface area contributed by atoms with Gasteiger partial charge < -0.3 is 10.8 Å². The molecule has 232 valence electrons. The van der Waals surface area contributed by atoms with Crippen LogP contribution >= 0.6 is 0 Å². The number of allylic oxidation sites excluding steroid dienone is 4. The normalized spacial score (nSPS) is 11.4. The van der Waals surface area contributed by atoms with Crippen LogP contribution in [0.15, 0.2) is 24.3 Å². The molecule has 0 spiro atoms. The van der Waals surface area contributed by atoms with Gasteiger partial charge in [-0.2, -0.15) is 0 Å². The molecule has 0 saturated heterocycles. The molecule has 0 saturated carbocycles. The second-order valence-electron chi connectivity index (χ2n) is 11.5. The lowest BCUT2D eigenvalue weighted by Gasteiger charge is -1.99. The van der Waals surface area contributed by atoms with Gasteiger partial charge >= 0.3 is 5.97 Å². The summed E-state index contributed by atoms with van der Waals surface area (Å²) in [7, 11) is 0. The Morgan fingerprint density at radius 3 is 1.05 bits per heavy atom. The first-order valence-corrected chi connectivity index (χ1v) is 17.4. The van der Waals surface area contributed by atoms with Gasteiger partial charge in [0.05, 0.1) is 0 Å². The van der Waals surface area contributed by atoms with Crippen molar-refractivity contribution in [1.82, 2.24) is 0 Å². The summed E-state index contributed by atoms with van der Waals surface area (Å²) >= 11 is 0. The molecule has 39 heavy (non-hydrogen) atoms. The van der Waals surface area contributed by atoms with Gasteiger partial charge in [0, 0.05) is 6.42 Å². The topological polar surface area (TPSA) is 63.3 Å². The number of carboxylic acids is 1. The first-order valence-electron chi connectivity index (χ1n) is 17.4. The lowest BCUT2D eigenvalue weighted by molar-refractivity contribution is -0.137. The van der Waals surface area contributed by atoms with E-state index < -0.39 is 5.97 Å². The van der Waals surface area contributed by atoms with E-state index in [9.17, 15) is 4.79 Å². The van der Waals surface area contributed by atoms with E-state index >= 15 is 0 Å². The van der Waals surface area contributed by atoms with Gasteiger partial charge in [-0.15, -0.1) is 0 Å². The summed E-state index contributed by atoms with van der Waals surface area (Å²) in [5.74, 6) is -0.664. The Kier molecular flexibility index (Phi) is 40.1. The van der Waals surface area contributed by atoms with E-state index in [4.69, 9.17) is 10.8 Å². The highest BCUT2D eigenvalue weighted by molar-refractivity contribution is 5.66. The third kappa shape index (κ3) is 44.2. The third-order valence-corrected chi connectivity index (χ3v) is 7.37. The van der Waals surface area contributed by atoms with Gasteiger partial charge in [-0.3, -0.25) is 4.79 Å². The fraction of sp³-hybridized carbons (Fsp3) is 0.861. The first kappa shape index (κ1) is 40.1. The van der Waals surface area contributed by atoms with E-state index in [1.54, 1.807) is 0 Å². The second kappa shape index (κ2) is 39.1. The molecule has 3 N–H and O–H groups in total. The van der Waals surface area contributed by atoms with Crippen LogP contribution in [-0.2, 0) is 4.79 Å². The molecule has 0 amide bonds. The van der Waals surface area contributed by atoms with Gasteiger partial charge in [0.25, 0.3) is 0 Å². The zero-order valence-electron chi connectivity index (χ0n) is 26.7. The number of aliphatic carboxylic acids is 1. The number of hydrogen-bond acceptors (Lipinski definition) is 2. The minimum Gasteiger partial charge on any atom is -0.481 e. The fourth-order valence-corrected chi connectivity index (χ4v) is 4.74. The minimum atomic E-state index is -0.664. The quantitative estimate of drug-likeness (QED) is 0.0691. The van der Waals surface area contributed by atoms with Crippen LogP contribution in [0.3, 0.4) is 0 Å². The van der Waals surface area contributed by atoms with Gasteiger partial charge in [0.1, 0.15) is 0 Å². The molecule has 0 rings (SSSR count). The average Bonchev–Trinajstić information content (AvgIpc) is 2.93. The maximum absolute atomic E-state index is 10.3. The second-order valence-corrected chi connectivity index (χ2v) is 11.5. The van der Waals surface area contributed by atoms with Crippen molar-refractivity contribution in [2.75, 3.05) is 6.54 Å². The maximum atomic E-state index is 10.3. The van der Waals surface area contributed by atoms with E-state index in [1.165, 1.54) is 161 Å². The van der Waals surface area contributed by atoms with Crippen molar-refractivity contribution in [2.24, 2.45) is 5.73 Å². The van der Waals surface area contributed by atoms with Crippen molar-refractivity contribution in [3.8, 4) is 0 Å². The van der Waals surface area contributed by atoms with E-state index in [0.717, 1.165) is 19.4 Å². The Hall–Kier alpha value is -1.09. The number of hydrogen-bond donors (Lipinski definition) is 2. The molecule has 0 aliphatic rings. The van der Waals surface area contributed by atoms with Crippen molar-refractivity contribution in [1.29, 1.82) is 0 Å². The van der Waals surface area contributed by atoms with Crippen LogP contribution < -0.4 is 5.73 Å². The third-order valence-electron chi connectivity index (χ3n) is 7.37. The predicted molar refractivity (Wildman–Crippen MR) is 176 cm³/mol. The van der Waals surface area contributed by atoms with Crippen molar-refractivity contribution >= 4 is 5.97 Å². The maximum Gasteiger partial charge on any atom is 0.303 e. The monoisotopic (exact) mass is 550 g/mol. The summed E-state index contributed by atoms with van der Waals surface area (Å²) in [4.78, 5) is 10.3. The molecule has 0 aliphatic heterocycles. The van der Waals surface area contributed by atoms with E-state index in [0.29, 0.717) is 6.42 Å². The molecule has 0 fully saturated rings. The molecule has 0 heterocycles. The average molecular weight is 550 g/mol. The molecule has 0 radical (unpaired) electrons. The molecular formula is C36H71NO2. The summed E-state index contributed by atoms with van der Waals surface area (Å²) in [5.41, 5.74) is 5.47. The van der Waals surface area contributed by atoms with Crippen molar-refractivity contribution in [2.45, 2.75) is 194 Å². The number of rotatable bonds is 30. The van der Waals surface area contributed by atoms with Gasteiger partial charge in [0.15, 0.2) is 0 Å². The minimum absolute atomic E-state index is 0.332. The highest BCUT2D eigenvalue weighted by Gasteiger charge is 1.96. The molecule has 0 aliphatic carbocycles. The van der Waals surface area contributed by atoms with Crippen LogP contribution in [0.2, 0.25) is 0 Å². The molecule has 0 atom stereocenters. The van der Waals surface area contributed by atoms with E-state index in [2.05, 4.69) is 38.2 Å². The smallest absolute Gasteiger partial charge is 0.303 e. The van der Waals surface area contributed by atoms with Crippen LogP contribution in [0.25, 0.3) is 0 Å². The lowest BCUT2D eigenvalue weighted by Crippen LogP contribution is -1.97. The van der Waals surface area contributed by atoms with Crippen LogP contribution in [0.1, 0.15) is 194 Å². The van der Waals surface area contributed by atoms with Crippen LogP contribution in [0.5, 0.6) is 0 Å². The summed E-state index contributed by atoms with van der Waals surface area (Å²) in [5, 5.41) is 8.51. The number of unbranched alkanes of at least 4 members (excludes halogenated alkanes) is 23. The number of carbonyl (C=O) groups is 1. The van der Waals surface area contributed by atoms with Gasteiger partial charge in [0.2, 0.25) is 0 Å². The Labute approximate surface area is 245 Å². The molecule has 0 aromatic heterocycles. The number of carboxylic acid groups (broad SMARTS) is 1. The molecule has 0 aromatic rings. The molecule has 0 unspecified atom stereocenters. The molecule has 0 bridgehead atoms. The zero-order chi connectivity index (χ0) is 28.9. The highest BCUT2D eigenvalue weighted by Crippen LogP contribution is 2.11. The van der Waals surface area contributed by atoms with Crippen molar-refractivity contribution < 1.29 is 9.90 Å². The summed E-state index contributed by atoms with van der Waals surface area (Å²) in [6.45, 7) is 5.40. The largest absolute Gasteiger partial charge is 0.481 e. The first-order chi connectivity index (χ1) is 19.2. The van der Waals surface area contributed by atoms with Crippen molar-refractivity contribution in [3.63, 3.8) is 0 Å². The summed E-state index contributed by atoms with van der Waals surface area (Å²) < 4.78 is 0. The Morgan fingerprint density at radius 1 is 0.462 bits per heavy atom. The van der Waals surface area contributed by atoms with Gasteiger partial charge in [-0.25, -0.2) is 0 Å². The standard InChI is InChI=1S/C18H37N.C18H34O2/c1-2-3-4-5-6-7-8-9-10-11-12-13-14-15-16-17-18-19;1-2-3-4-5-6-7-8-9-10-11-12-13-14-15-16-17-18(19)20/h9-10H,2-8,11-19H2,1H3;9-10H,2-8,11-17H2,1H3,(H,19,20)/b2*10-9-. The number of nitrogens with two attached hydrogens (primary N) is 1. The Balaban J connectivity index is 0. The summed E-state index contributed by atoms with van der Waals surface area (Å²) in [6.07, 6.45) is 45.1. The van der Waals surface area contributed by atoms with Gasteiger partial charge in [-0.05, 0) is 70.8 Å². The predicted octanol–water partition coefficient (Wildman–Crippen LogP) is 12.1. The highest BCUT2D eigenvalue weighted by atomic mass is 16.4. The zero-order valence-corrected chi connectivity index (χ0v) is 26.7. The Bertz CT molecular complexity index is 500. The van der Waals surface area contributed by atoms with Crippen LogP contribution in [-0.4, -0.2) is 17.6 Å². The Morgan fingerprint density at radius 2 is 0.744 bits per heavy atom. The van der Waals surface area contributed by atoms with Gasteiger partial charge in [-0.1, -0.05) is 147 Å². The van der Waals surface area contributed by atoms with Crippen molar-refractivity contribution in [3.05, 3.63) is 24.3 Å².